The summed E-state index contributed by atoms with van der Waals surface area (Å²) in [7, 11) is 0. The molecule has 114 valence electrons. The van der Waals surface area contributed by atoms with Gasteiger partial charge in [0.1, 0.15) is 6.04 Å². The zero-order valence-corrected chi connectivity index (χ0v) is 13.1. The number of carboxylic acids is 1. The molecule has 1 atom stereocenters. The predicted molar refractivity (Wildman–Crippen MR) is 84.2 cm³/mol. The molecule has 1 aliphatic rings. The molecule has 1 unspecified atom stereocenters. The molecule has 7 heteroatoms. The van der Waals surface area contributed by atoms with Gasteiger partial charge in [0.2, 0.25) is 0 Å². The van der Waals surface area contributed by atoms with Crippen molar-refractivity contribution in [2.75, 3.05) is 31.1 Å². The van der Waals surface area contributed by atoms with E-state index in [1.54, 1.807) is 12.4 Å². The maximum Gasteiger partial charge on any atom is 0.320 e. The molecular weight excluding hydrogens is 301 g/mol. The highest BCUT2D eigenvalue weighted by Crippen LogP contribution is 2.16. The highest BCUT2D eigenvalue weighted by molar-refractivity contribution is 5.85. The number of pyridine rings is 1. The van der Waals surface area contributed by atoms with Gasteiger partial charge >= 0.3 is 5.97 Å². The molecule has 1 aromatic heterocycles. The molecule has 0 aliphatic carbocycles. The third-order valence-electron chi connectivity index (χ3n) is 3.45. The average Bonchev–Trinajstić information content (AvgIpc) is 2.41. The van der Waals surface area contributed by atoms with Crippen molar-refractivity contribution >= 4 is 36.5 Å². The number of piperazine rings is 1. The van der Waals surface area contributed by atoms with Crippen molar-refractivity contribution in [1.82, 2.24) is 9.88 Å². The van der Waals surface area contributed by atoms with Crippen molar-refractivity contribution in [1.29, 1.82) is 0 Å². The molecule has 0 bridgehead atoms. The number of carboxylic acid groups (broad SMARTS) is 1. The number of aromatic nitrogens is 1. The summed E-state index contributed by atoms with van der Waals surface area (Å²) in [6.45, 7) is 5.26. The number of hydrogen-bond acceptors (Lipinski definition) is 4. The summed E-state index contributed by atoms with van der Waals surface area (Å²) < 4.78 is 0. The summed E-state index contributed by atoms with van der Waals surface area (Å²) >= 11 is 0. The minimum Gasteiger partial charge on any atom is -0.480 e. The SMILES string of the molecule is CCC(C(=O)O)N1CCN(c2ccncc2)CC1.Cl.Cl. The first-order valence-corrected chi connectivity index (χ1v) is 6.34. The standard InChI is InChI=1S/C13H19N3O2.2ClH/c1-2-12(13(17)18)16-9-7-15(8-10-16)11-3-5-14-6-4-11;;/h3-6,12H,2,7-10H2,1H3,(H,17,18);2*1H. The van der Waals surface area contributed by atoms with Crippen LogP contribution in [-0.4, -0.2) is 53.2 Å². The molecule has 0 spiro atoms. The maximum absolute atomic E-state index is 11.1. The summed E-state index contributed by atoms with van der Waals surface area (Å²) in [4.78, 5) is 19.4. The Kier molecular flexibility index (Phi) is 8.53. The number of anilines is 1. The molecule has 2 rings (SSSR count). The predicted octanol–water partition coefficient (Wildman–Crippen LogP) is 1.91. The number of aliphatic carboxylic acids is 1. The van der Waals surface area contributed by atoms with Crippen molar-refractivity contribution in [3.05, 3.63) is 24.5 Å². The maximum atomic E-state index is 11.1. The van der Waals surface area contributed by atoms with Gasteiger partial charge < -0.3 is 10.0 Å². The highest BCUT2D eigenvalue weighted by atomic mass is 35.5. The van der Waals surface area contributed by atoms with Crippen molar-refractivity contribution in [2.24, 2.45) is 0 Å². The lowest BCUT2D eigenvalue weighted by atomic mass is 10.1. The molecule has 0 saturated carbocycles. The Hall–Kier alpha value is -1.04. The van der Waals surface area contributed by atoms with Crippen LogP contribution in [0.2, 0.25) is 0 Å². The van der Waals surface area contributed by atoms with Crippen LogP contribution in [0.3, 0.4) is 0 Å². The largest absolute Gasteiger partial charge is 0.480 e. The van der Waals surface area contributed by atoms with Crippen molar-refractivity contribution in [2.45, 2.75) is 19.4 Å². The van der Waals surface area contributed by atoms with Gasteiger partial charge in [-0.15, -0.1) is 24.8 Å². The molecule has 1 saturated heterocycles. The van der Waals surface area contributed by atoms with E-state index in [0.717, 1.165) is 31.9 Å². The van der Waals surface area contributed by atoms with E-state index in [9.17, 15) is 4.79 Å². The van der Waals surface area contributed by atoms with Crippen molar-refractivity contribution in [3.63, 3.8) is 0 Å². The number of rotatable bonds is 4. The molecule has 0 radical (unpaired) electrons. The second-order valence-electron chi connectivity index (χ2n) is 4.49. The van der Waals surface area contributed by atoms with E-state index in [1.165, 1.54) is 0 Å². The van der Waals surface area contributed by atoms with Crippen LogP contribution in [0.1, 0.15) is 13.3 Å². The van der Waals surface area contributed by atoms with Gasteiger partial charge in [-0.3, -0.25) is 14.7 Å². The first-order valence-electron chi connectivity index (χ1n) is 6.34. The molecule has 1 aliphatic heterocycles. The Balaban J connectivity index is 0.00000180. The zero-order valence-electron chi connectivity index (χ0n) is 11.4. The lowest BCUT2D eigenvalue weighted by molar-refractivity contribution is -0.143. The molecule has 1 N–H and O–H groups in total. The Morgan fingerprint density at radius 3 is 2.25 bits per heavy atom. The summed E-state index contributed by atoms with van der Waals surface area (Å²) in [5.41, 5.74) is 1.16. The molecule has 1 fully saturated rings. The van der Waals surface area contributed by atoms with Gasteiger partial charge in [-0.1, -0.05) is 6.92 Å². The van der Waals surface area contributed by atoms with Gasteiger partial charge in [0.15, 0.2) is 0 Å². The molecular formula is C13H21Cl2N3O2. The Labute approximate surface area is 131 Å². The van der Waals surface area contributed by atoms with Crippen LogP contribution in [0.5, 0.6) is 0 Å². The molecule has 1 aromatic rings. The summed E-state index contributed by atoms with van der Waals surface area (Å²) in [6.07, 6.45) is 4.23. The fourth-order valence-corrected chi connectivity index (χ4v) is 2.44. The van der Waals surface area contributed by atoms with Crippen LogP contribution in [0.25, 0.3) is 0 Å². The average molecular weight is 322 g/mol. The van der Waals surface area contributed by atoms with Gasteiger partial charge in [-0.2, -0.15) is 0 Å². The Morgan fingerprint density at radius 2 is 1.80 bits per heavy atom. The quantitative estimate of drug-likeness (QED) is 0.918. The van der Waals surface area contributed by atoms with Crippen LogP contribution in [0.15, 0.2) is 24.5 Å². The fraction of sp³-hybridized carbons (Fsp3) is 0.538. The Bertz CT molecular complexity index is 398. The molecule has 5 nitrogen and oxygen atoms in total. The molecule has 20 heavy (non-hydrogen) atoms. The number of carbonyl (C=O) groups is 1. The van der Waals surface area contributed by atoms with Crippen LogP contribution >= 0.6 is 24.8 Å². The number of nitrogens with zero attached hydrogens (tertiary/aromatic N) is 3. The topological polar surface area (TPSA) is 56.7 Å². The van der Waals surface area contributed by atoms with E-state index in [2.05, 4.69) is 14.8 Å². The zero-order chi connectivity index (χ0) is 13.0. The minimum absolute atomic E-state index is 0. The lowest BCUT2D eigenvalue weighted by Gasteiger charge is -2.38. The molecule has 0 aromatic carbocycles. The van der Waals surface area contributed by atoms with Gasteiger partial charge in [0, 0.05) is 44.3 Å². The van der Waals surface area contributed by atoms with E-state index < -0.39 is 5.97 Å². The third kappa shape index (κ3) is 4.51. The van der Waals surface area contributed by atoms with Crippen LogP contribution in [0.4, 0.5) is 5.69 Å². The highest BCUT2D eigenvalue weighted by Gasteiger charge is 2.27. The summed E-state index contributed by atoms with van der Waals surface area (Å²) in [5, 5.41) is 9.14. The first kappa shape index (κ1) is 19.0. The van der Waals surface area contributed by atoms with E-state index in [-0.39, 0.29) is 30.9 Å². The summed E-state index contributed by atoms with van der Waals surface area (Å²) in [5.74, 6) is -0.713. The minimum atomic E-state index is -0.713. The smallest absolute Gasteiger partial charge is 0.320 e. The second kappa shape index (κ2) is 9.00. The lowest BCUT2D eigenvalue weighted by Crippen LogP contribution is -2.52. The van der Waals surface area contributed by atoms with E-state index in [0.29, 0.717) is 6.42 Å². The van der Waals surface area contributed by atoms with Crippen LogP contribution < -0.4 is 4.90 Å². The van der Waals surface area contributed by atoms with Gasteiger partial charge in [0.05, 0.1) is 0 Å². The van der Waals surface area contributed by atoms with E-state index in [4.69, 9.17) is 5.11 Å². The van der Waals surface area contributed by atoms with Gasteiger partial charge in [0.25, 0.3) is 0 Å². The van der Waals surface area contributed by atoms with Gasteiger partial charge in [-0.05, 0) is 18.6 Å². The van der Waals surface area contributed by atoms with Gasteiger partial charge in [-0.25, -0.2) is 0 Å². The van der Waals surface area contributed by atoms with Crippen LogP contribution in [0, 0.1) is 0 Å². The second-order valence-corrected chi connectivity index (χ2v) is 4.49. The normalized spacial score (nSPS) is 16.8. The number of halogens is 2. The fourth-order valence-electron chi connectivity index (χ4n) is 2.44. The molecule has 2 heterocycles. The van der Waals surface area contributed by atoms with Crippen LogP contribution in [-0.2, 0) is 4.79 Å². The van der Waals surface area contributed by atoms with Crippen molar-refractivity contribution < 1.29 is 9.90 Å². The van der Waals surface area contributed by atoms with E-state index in [1.807, 2.05) is 19.1 Å². The number of hydrogen-bond donors (Lipinski definition) is 1. The summed E-state index contributed by atoms with van der Waals surface area (Å²) in [6, 6.07) is 3.64. The monoisotopic (exact) mass is 321 g/mol. The third-order valence-corrected chi connectivity index (χ3v) is 3.45. The van der Waals surface area contributed by atoms with E-state index >= 15 is 0 Å². The molecule has 0 amide bonds. The van der Waals surface area contributed by atoms with Crippen molar-refractivity contribution in [3.8, 4) is 0 Å². The first-order chi connectivity index (χ1) is 8.72. The Morgan fingerprint density at radius 1 is 1.25 bits per heavy atom.